The molecule has 0 spiro atoms. The number of nitrogens with one attached hydrogen (secondary N) is 2. The first-order valence-electron chi connectivity index (χ1n) is 16.0. The third-order valence-corrected chi connectivity index (χ3v) is 9.46. The van der Waals surface area contributed by atoms with E-state index in [9.17, 15) is 4.79 Å². The summed E-state index contributed by atoms with van der Waals surface area (Å²) in [5, 5.41) is 6.61. The highest BCUT2D eigenvalue weighted by molar-refractivity contribution is 5.69. The van der Waals surface area contributed by atoms with Gasteiger partial charge in [-0.25, -0.2) is 4.79 Å². The Kier molecular flexibility index (Phi) is 8.73. The van der Waals surface area contributed by atoms with E-state index in [0.29, 0.717) is 25.2 Å². The van der Waals surface area contributed by atoms with E-state index in [1.165, 1.54) is 49.7 Å². The first-order valence-corrected chi connectivity index (χ1v) is 16.0. The molecular weight excluding hydrogens is 516 g/mol. The van der Waals surface area contributed by atoms with Crippen molar-refractivity contribution in [2.75, 3.05) is 26.3 Å². The van der Waals surface area contributed by atoms with Crippen molar-refractivity contribution in [3.63, 3.8) is 0 Å². The first kappa shape index (κ1) is 30.6. The van der Waals surface area contributed by atoms with Gasteiger partial charge in [0.1, 0.15) is 16.9 Å². The van der Waals surface area contributed by atoms with E-state index in [4.69, 9.17) is 18.9 Å². The predicted molar refractivity (Wildman–Crippen MR) is 161 cm³/mol. The average Bonchev–Trinajstić information content (AvgIpc) is 2.84. The second-order valence-corrected chi connectivity index (χ2v) is 15.4. The molecular formula is C34H54N2O5. The number of benzene rings is 1. The Hall–Kier alpha value is -1.83. The fourth-order valence-electron chi connectivity index (χ4n) is 8.14. The smallest absolute Gasteiger partial charge is 0.408 e. The normalized spacial score (nSPS) is 29.9. The molecule has 0 radical (unpaired) electrons. The lowest BCUT2D eigenvalue weighted by Crippen LogP contribution is -2.65. The number of rotatable bonds is 10. The molecule has 4 aliphatic carbocycles. The minimum Gasteiger partial charge on any atom is -0.491 e. The van der Waals surface area contributed by atoms with Gasteiger partial charge in [-0.3, -0.25) is 0 Å². The van der Waals surface area contributed by atoms with Crippen LogP contribution in [0.3, 0.4) is 0 Å². The fourth-order valence-corrected chi connectivity index (χ4v) is 8.14. The van der Waals surface area contributed by atoms with Crippen LogP contribution in [-0.4, -0.2) is 55.4 Å². The lowest BCUT2D eigenvalue weighted by Gasteiger charge is -2.57. The SMILES string of the molecule is CC(C)Oc1ccc(CCCNCC2(NC(=O)OC(C)(C)C)COC(C)(C)OC2)cc1C12CC3CC(CC(C3)C1)C2. The third-order valence-electron chi connectivity index (χ3n) is 9.46. The molecule has 4 bridgehead atoms. The summed E-state index contributed by atoms with van der Waals surface area (Å²) in [6.45, 7) is 15.8. The molecule has 7 nitrogen and oxygen atoms in total. The van der Waals surface area contributed by atoms with E-state index in [-0.39, 0.29) is 6.10 Å². The third kappa shape index (κ3) is 7.58. The quantitative estimate of drug-likeness (QED) is 0.312. The van der Waals surface area contributed by atoms with E-state index in [0.717, 1.165) is 42.9 Å². The summed E-state index contributed by atoms with van der Waals surface area (Å²) in [6, 6.07) is 6.99. The molecule has 5 fully saturated rings. The van der Waals surface area contributed by atoms with Gasteiger partial charge in [0.05, 0.1) is 19.3 Å². The van der Waals surface area contributed by atoms with Gasteiger partial charge in [-0.1, -0.05) is 12.1 Å². The maximum atomic E-state index is 12.6. The van der Waals surface area contributed by atoms with E-state index in [2.05, 4.69) is 42.7 Å². The molecule has 2 N–H and O–H groups in total. The standard InChI is InChI=1S/C34H54N2O5/c1-23(2)40-29-11-10-24(16-28(29)33-17-25-13-26(18-33)15-27(14-25)19-33)9-8-12-35-20-34(21-38-32(6,7)39-22-34)36-30(37)41-31(3,4)5/h10-11,16,23,25-27,35H,8-9,12-15,17-22H2,1-7H3,(H,36,37). The topological polar surface area (TPSA) is 78.1 Å². The van der Waals surface area contributed by atoms with Crippen molar-refractivity contribution < 1.29 is 23.7 Å². The highest BCUT2D eigenvalue weighted by Gasteiger charge is 2.52. The van der Waals surface area contributed by atoms with Crippen molar-refractivity contribution in [3.05, 3.63) is 29.3 Å². The van der Waals surface area contributed by atoms with Crippen molar-refractivity contribution in [2.45, 2.75) is 128 Å². The summed E-state index contributed by atoms with van der Waals surface area (Å²) >= 11 is 0. The Labute approximate surface area is 247 Å². The summed E-state index contributed by atoms with van der Waals surface area (Å²) in [7, 11) is 0. The van der Waals surface area contributed by atoms with Crippen LogP contribution in [0.25, 0.3) is 0 Å². The number of hydrogen-bond acceptors (Lipinski definition) is 6. The second kappa shape index (κ2) is 11.7. The highest BCUT2D eigenvalue weighted by Crippen LogP contribution is 2.62. The molecule has 7 heteroatoms. The van der Waals surface area contributed by atoms with Crippen LogP contribution in [0.1, 0.15) is 105 Å². The maximum absolute atomic E-state index is 12.6. The fraction of sp³-hybridized carbons (Fsp3) is 0.794. The number of aryl methyl sites for hydroxylation is 1. The van der Waals surface area contributed by atoms with Gasteiger partial charge < -0.3 is 29.6 Å². The molecule has 230 valence electrons. The number of amides is 1. The second-order valence-electron chi connectivity index (χ2n) is 15.4. The molecule has 0 aromatic heterocycles. The van der Waals surface area contributed by atoms with Crippen molar-refractivity contribution >= 4 is 6.09 Å². The molecule has 1 amide bonds. The summed E-state index contributed by atoms with van der Waals surface area (Å²) < 4.78 is 23.8. The number of alkyl carbamates (subject to hydrolysis) is 1. The predicted octanol–water partition coefficient (Wildman–Crippen LogP) is 6.51. The number of hydrogen-bond donors (Lipinski definition) is 2. The molecule has 1 aromatic carbocycles. The minimum atomic E-state index is -0.681. The summed E-state index contributed by atoms with van der Waals surface area (Å²) in [6.07, 6.45) is 10.1. The Bertz CT molecular complexity index is 1030. The number of carbonyl (C=O) groups is 1. The van der Waals surface area contributed by atoms with Crippen molar-refractivity contribution in [3.8, 4) is 5.75 Å². The Balaban J connectivity index is 1.20. The summed E-state index contributed by atoms with van der Waals surface area (Å²) in [5.74, 6) is 3.15. The van der Waals surface area contributed by atoms with Gasteiger partial charge in [0, 0.05) is 12.1 Å². The molecule has 41 heavy (non-hydrogen) atoms. The maximum Gasteiger partial charge on any atom is 0.408 e. The summed E-state index contributed by atoms with van der Waals surface area (Å²) in [5.41, 5.74) is 1.93. The van der Waals surface area contributed by atoms with Gasteiger partial charge in [-0.2, -0.15) is 0 Å². The van der Waals surface area contributed by atoms with Gasteiger partial charge in [0.25, 0.3) is 0 Å². The molecule has 1 aromatic rings. The molecule has 0 unspecified atom stereocenters. The van der Waals surface area contributed by atoms with E-state index in [1.54, 1.807) is 0 Å². The van der Waals surface area contributed by atoms with E-state index in [1.807, 2.05) is 34.6 Å². The van der Waals surface area contributed by atoms with Gasteiger partial charge in [0.2, 0.25) is 0 Å². The van der Waals surface area contributed by atoms with Gasteiger partial charge in [0.15, 0.2) is 5.79 Å². The lowest BCUT2D eigenvalue weighted by molar-refractivity contribution is -0.269. The van der Waals surface area contributed by atoms with Crippen molar-refractivity contribution in [1.29, 1.82) is 0 Å². The van der Waals surface area contributed by atoms with Crippen LogP contribution in [0.5, 0.6) is 5.75 Å². The largest absolute Gasteiger partial charge is 0.491 e. The average molecular weight is 571 g/mol. The van der Waals surface area contributed by atoms with Crippen LogP contribution in [-0.2, 0) is 26.0 Å². The molecule has 1 aliphatic heterocycles. The molecule has 6 rings (SSSR count). The Morgan fingerprint density at radius 2 is 1.63 bits per heavy atom. The van der Waals surface area contributed by atoms with Crippen LogP contribution in [0, 0.1) is 17.8 Å². The van der Waals surface area contributed by atoms with Gasteiger partial charge in [-0.15, -0.1) is 0 Å². The molecule has 4 saturated carbocycles. The van der Waals surface area contributed by atoms with Crippen LogP contribution in [0.2, 0.25) is 0 Å². The lowest BCUT2D eigenvalue weighted by atomic mass is 9.48. The van der Waals surface area contributed by atoms with Crippen LogP contribution in [0.4, 0.5) is 4.79 Å². The monoisotopic (exact) mass is 570 g/mol. The van der Waals surface area contributed by atoms with Crippen molar-refractivity contribution in [2.24, 2.45) is 17.8 Å². The van der Waals surface area contributed by atoms with Crippen molar-refractivity contribution in [1.82, 2.24) is 10.6 Å². The minimum absolute atomic E-state index is 0.178. The summed E-state index contributed by atoms with van der Waals surface area (Å²) in [4.78, 5) is 12.6. The zero-order valence-corrected chi connectivity index (χ0v) is 26.6. The van der Waals surface area contributed by atoms with Crippen LogP contribution < -0.4 is 15.4 Å². The Morgan fingerprint density at radius 1 is 1.02 bits per heavy atom. The molecule has 0 atom stereocenters. The van der Waals surface area contributed by atoms with Crippen LogP contribution >= 0.6 is 0 Å². The van der Waals surface area contributed by atoms with Gasteiger partial charge >= 0.3 is 6.09 Å². The molecule has 5 aliphatic rings. The highest BCUT2D eigenvalue weighted by atomic mass is 16.7. The number of ether oxygens (including phenoxy) is 4. The van der Waals surface area contributed by atoms with Gasteiger partial charge in [-0.05, 0) is 141 Å². The van der Waals surface area contributed by atoms with Crippen LogP contribution in [0.15, 0.2) is 18.2 Å². The first-order chi connectivity index (χ1) is 19.2. The number of carbonyl (C=O) groups excluding carboxylic acids is 1. The van der Waals surface area contributed by atoms with E-state index >= 15 is 0 Å². The molecule has 1 saturated heterocycles. The zero-order valence-electron chi connectivity index (χ0n) is 26.6. The molecule has 1 heterocycles. The zero-order chi connectivity index (χ0) is 29.5. The van der Waals surface area contributed by atoms with E-state index < -0.39 is 23.0 Å². The Morgan fingerprint density at radius 3 is 2.20 bits per heavy atom.